The molecule has 7 nitrogen and oxygen atoms in total. The summed E-state index contributed by atoms with van der Waals surface area (Å²) in [7, 11) is 4.72. The number of aromatic amines is 1. The molecule has 0 spiro atoms. The number of nitrogens with two attached hydrogens (primary N) is 1. The molecule has 1 aromatic heterocycles. The number of benzene rings is 2. The van der Waals surface area contributed by atoms with Crippen LogP contribution in [0.25, 0.3) is 10.9 Å². The van der Waals surface area contributed by atoms with Gasteiger partial charge in [0, 0.05) is 30.2 Å². The normalized spacial score (nSPS) is 10.8. The summed E-state index contributed by atoms with van der Waals surface area (Å²) in [5, 5.41) is 1.26. The average Bonchev–Trinajstić information content (AvgIpc) is 3.22. The average molecular weight is 426 g/mol. The highest BCUT2D eigenvalue weighted by Gasteiger charge is 2.17. The highest BCUT2D eigenvalue weighted by atomic mass is 16.5. The van der Waals surface area contributed by atoms with Crippen molar-refractivity contribution in [1.29, 1.82) is 0 Å². The molecule has 0 fully saturated rings. The zero-order chi connectivity index (χ0) is 22.2. The largest absolute Gasteiger partial charge is 0.493 e. The summed E-state index contributed by atoms with van der Waals surface area (Å²) in [4.78, 5) is 17.6. The van der Waals surface area contributed by atoms with Crippen molar-refractivity contribution in [1.82, 2.24) is 9.88 Å². The van der Waals surface area contributed by atoms with Gasteiger partial charge in [0.15, 0.2) is 11.5 Å². The van der Waals surface area contributed by atoms with E-state index in [0.717, 1.165) is 30.3 Å². The van der Waals surface area contributed by atoms with Crippen LogP contribution in [0, 0.1) is 0 Å². The molecule has 3 aromatic rings. The topological polar surface area (TPSA) is 89.8 Å². The number of ether oxygens (including phenoxy) is 3. The number of aromatic nitrogens is 1. The van der Waals surface area contributed by atoms with E-state index in [9.17, 15) is 4.79 Å². The molecule has 0 unspecified atom stereocenters. The lowest BCUT2D eigenvalue weighted by Gasteiger charge is -2.23. The number of carbonyl (C=O) groups excluding carboxylic acids is 1. The number of methoxy groups -OCH3 is 3. The quantitative estimate of drug-likeness (QED) is 0.459. The minimum absolute atomic E-state index is 0.0210. The van der Waals surface area contributed by atoms with Crippen molar-refractivity contribution in [2.45, 2.75) is 25.8 Å². The number of carbonyl (C=O) groups is 1. The second kappa shape index (κ2) is 10.7. The maximum absolute atomic E-state index is 12.5. The number of hydrogen-bond acceptors (Lipinski definition) is 5. The number of rotatable bonds is 11. The van der Waals surface area contributed by atoms with Crippen LogP contribution >= 0.6 is 0 Å². The van der Waals surface area contributed by atoms with Crippen molar-refractivity contribution >= 4 is 16.8 Å². The van der Waals surface area contributed by atoms with E-state index in [1.165, 1.54) is 10.9 Å². The fourth-order valence-corrected chi connectivity index (χ4v) is 3.82. The van der Waals surface area contributed by atoms with Gasteiger partial charge in [-0.1, -0.05) is 18.2 Å². The predicted octanol–water partition coefficient (Wildman–Crippen LogP) is 3.50. The number of hydrogen-bond donors (Lipinski definition) is 2. The maximum atomic E-state index is 12.5. The Labute approximate surface area is 183 Å². The van der Waals surface area contributed by atoms with Gasteiger partial charge in [-0.25, -0.2) is 0 Å². The van der Waals surface area contributed by atoms with Gasteiger partial charge in [0.2, 0.25) is 11.7 Å². The molecule has 2 aromatic carbocycles. The Morgan fingerprint density at radius 1 is 1.03 bits per heavy atom. The van der Waals surface area contributed by atoms with Gasteiger partial charge < -0.3 is 29.8 Å². The zero-order valence-electron chi connectivity index (χ0n) is 18.4. The van der Waals surface area contributed by atoms with E-state index in [4.69, 9.17) is 19.9 Å². The smallest absolute Gasteiger partial charge is 0.236 e. The first-order valence-corrected chi connectivity index (χ1v) is 10.4. The molecule has 0 aliphatic heterocycles. The standard InChI is InChI=1S/C24H31N3O4/c1-29-21-12-17(13-22(30-2)24(21)31-3)16-27(23(28)14-25)11-7-6-8-18-15-26-20-10-5-4-9-19(18)20/h4-5,9-10,12-13,15,26H,6-8,11,14,16,25H2,1-3H3. The van der Waals surface area contributed by atoms with Crippen molar-refractivity contribution < 1.29 is 19.0 Å². The Bertz CT molecular complexity index is 990. The summed E-state index contributed by atoms with van der Waals surface area (Å²) in [6, 6.07) is 12.0. The van der Waals surface area contributed by atoms with Crippen molar-refractivity contribution in [3.63, 3.8) is 0 Å². The molecule has 0 atom stereocenters. The molecular weight excluding hydrogens is 394 g/mol. The molecule has 7 heteroatoms. The van der Waals surface area contributed by atoms with Crippen LogP contribution in [0.15, 0.2) is 42.6 Å². The Kier molecular flexibility index (Phi) is 7.78. The molecule has 166 valence electrons. The van der Waals surface area contributed by atoms with Crippen molar-refractivity contribution in [3.8, 4) is 17.2 Å². The van der Waals surface area contributed by atoms with Gasteiger partial charge in [-0.05, 0) is 48.6 Å². The van der Waals surface area contributed by atoms with Gasteiger partial charge in [0.25, 0.3) is 0 Å². The number of H-pyrrole nitrogens is 1. The van der Waals surface area contributed by atoms with Gasteiger partial charge in [0.05, 0.1) is 27.9 Å². The molecule has 1 heterocycles. The van der Waals surface area contributed by atoms with Gasteiger partial charge >= 0.3 is 0 Å². The summed E-state index contributed by atoms with van der Waals surface area (Å²) < 4.78 is 16.2. The van der Waals surface area contributed by atoms with Crippen LogP contribution in [0.2, 0.25) is 0 Å². The van der Waals surface area contributed by atoms with Crippen molar-refractivity contribution in [3.05, 3.63) is 53.7 Å². The van der Waals surface area contributed by atoms with E-state index < -0.39 is 0 Å². The van der Waals surface area contributed by atoms with Gasteiger partial charge in [-0.15, -0.1) is 0 Å². The number of fused-ring (bicyclic) bond motifs is 1. The summed E-state index contributed by atoms with van der Waals surface area (Å²) in [5.41, 5.74) is 9.01. The monoisotopic (exact) mass is 425 g/mol. The molecule has 3 rings (SSSR count). The Balaban J connectivity index is 1.65. The van der Waals surface area contributed by atoms with Crippen LogP contribution in [0.3, 0.4) is 0 Å². The number of nitrogens with one attached hydrogen (secondary N) is 1. The SMILES string of the molecule is COc1cc(CN(CCCCc2c[nH]c3ccccc23)C(=O)CN)cc(OC)c1OC. The lowest BCUT2D eigenvalue weighted by Crippen LogP contribution is -2.36. The number of aryl methyl sites for hydroxylation is 1. The Morgan fingerprint density at radius 2 is 1.74 bits per heavy atom. The second-order valence-corrected chi connectivity index (χ2v) is 7.37. The Hall–Kier alpha value is -3.19. The van der Waals surface area contributed by atoms with Crippen LogP contribution < -0.4 is 19.9 Å². The summed E-state index contributed by atoms with van der Waals surface area (Å²) >= 11 is 0. The minimum atomic E-state index is -0.0826. The van der Waals surface area contributed by atoms with Crippen LogP contribution in [-0.2, 0) is 17.8 Å². The van der Waals surface area contributed by atoms with Crippen molar-refractivity contribution in [2.75, 3.05) is 34.4 Å². The van der Waals surface area contributed by atoms with Crippen LogP contribution in [0.4, 0.5) is 0 Å². The van der Waals surface area contributed by atoms with Crippen molar-refractivity contribution in [2.24, 2.45) is 5.73 Å². The first-order valence-electron chi connectivity index (χ1n) is 10.4. The Morgan fingerprint density at radius 3 is 2.39 bits per heavy atom. The third-order valence-electron chi connectivity index (χ3n) is 5.42. The van der Waals surface area contributed by atoms with E-state index in [2.05, 4.69) is 29.4 Å². The molecule has 0 saturated carbocycles. The van der Waals surface area contributed by atoms with E-state index in [1.54, 1.807) is 26.2 Å². The van der Waals surface area contributed by atoms with Gasteiger partial charge in [-0.2, -0.15) is 0 Å². The number of para-hydroxylation sites is 1. The van der Waals surface area contributed by atoms with Crippen LogP contribution in [0.1, 0.15) is 24.0 Å². The fourth-order valence-electron chi connectivity index (χ4n) is 3.82. The summed E-state index contributed by atoms with van der Waals surface area (Å²) in [6.45, 7) is 1.04. The molecule has 1 amide bonds. The molecule has 0 bridgehead atoms. The van der Waals surface area contributed by atoms with E-state index in [0.29, 0.717) is 30.3 Å². The highest BCUT2D eigenvalue weighted by Crippen LogP contribution is 2.38. The first kappa shape index (κ1) is 22.5. The highest BCUT2D eigenvalue weighted by molar-refractivity contribution is 5.83. The van der Waals surface area contributed by atoms with E-state index >= 15 is 0 Å². The third-order valence-corrected chi connectivity index (χ3v) is 5.42. The predicted molar refractivity (Wildman–Crippen MR) is 122 cm³/mol. The van der Waals surface area contributed by atoms with Gasteiger partial charge in [-0.3, -0.25) is 4.79 Å². The van der Waals surface area contributed by atoms with E-state index in [-0.39, 0.29) is 12.5 Å². The first-order chi connectivity index (χ1) is 15.1. The fraction of sp³-hybridized carbons (Fsp3) is 0.375. The summed E-state index contributed by atoms with van der Waals surface area (Å²) in [6.07, 6.45) is 4.89. The second-order valence-electron chi connectivity index (χ2n) is 7.37. The number of nitrogens with zero attached hydrogens (tertiary/aromatic N) is 1. The molecular formula is C24H31N3O4. The number of amides is 1. The minimum Gasteiger partial charge on any atom is -0.493 e. The molecule has 31 heavy (non-hydrogen) atoms. The lowest BCUT2D eigenvalue weighted by atomic mass is 10.1. The third kappa shape index (κ3) is 5.30. The maximum Gasteiger partial charge on any atom is 0.236 e. The molecule has 0 aliphatic carbocycles. The van der Waals surface area contributed by atoms with E-state index in [1.807, 2.05) is 18.2 Å². The van der Waals surface area contributed by atoms with Crippen LogP contribution in [0.5, 0.6) is 17.2 Å². The molecule has 0 radical (unpaired) electrons. The number of unbranched alkanes of at least 4 members (excludes halogenated alkanes) is 1. The zero-order valence-corrected chi connectivity index (χ0v) is 18.4. The summed E-state index contributed by atoms with van der Waals surface area (Å²) in [5.74, 6) is 1.58. The lowest BCUT2D eigenvalue weighted by molar-refractivity contribution is -0.130. The molecule has 0 aliphatic rings. The molecule has 3 N–H and O–H groups in total. The van der Waals surface area contributed by atoms with Crippen LogP contribution in [-0.4, -0.2) is 50.2 Å². The molecule has 0 saturated heterocycles. The van der Waals surface area contributed by atoms with Gasteiger partial charge in [0.1, 0.15) is 0 Å².